The number of para-hydroxylation sites is 1. The Bertz CT molecular complexity index is 1130. The maximum atomic E-state index is 12.4. The average Bonchev–Trinajstić information content (AvgIpc) is 3.10. The molecule has 0 radical (unpaired) electrons. The number of alkyl halides is 3. The highest BCUT2D eigenvalue weighted by Crippen LogP contribution is 2.31. The summed E-state index contributed by atoms with van der Waals surface area (Å²) in [5.41, 5.74) is 3.81. The molecule has 7 nitrogen and oxygen atoms in total. The van der Waals surface area contributed by atoms with Crippen molar-refractivity contribution in [2.24, 2.45) is 5.73 Å². The molecule has 0 saturated heterocycles. The van der Waals surface area contributed by atoms with E-state index in [4.69, 9.17) is 10.7 Å². The van der Waals surface area contributed by atoms with Crippen LogP contribution >= 0.6 is 0 Å². The van der Waals surface area contributed by atoms with Gasteiger partial charge in [0.2, 0.25) is 0 Å². The van der Waals surface area contributed by atoms with Gasteiger partial charge in [0.15, 0.2) is 0 Å². The molecule has 0 aliphatic carbocycles. The van der Waals surface area contributed by atoms with E-state index in [9.17, 15) is 21.6 Å². The maximum absolute atomic E-state index is 12.4. The largest absolute Gasteiger partial charge is 0.511 e. The van der Waals surface area contributed by atoms with E-state index in [2.05, 4.69) is 11.9 Å². The molecule has 0 bridgehead atoms. The molecule has 1 aromatic carbocycles. The summed E-state index contributed by atoms with van der Waals surface area (Å²) in [5, 5.41) is 0.937. The summed E-state index contributed by atoms with van der Waals surface area (Å²) < 4.78 is 62.7. The Morgan fingerprint density at radius 1 is 1.23 bits per heavy atom. The van der Waals surface area contributed by atoms with Crippen molar-refractivity contribution in [3.8, 4) is 0 Å². The molecule has 30 heavy (non-hydrogen) atoms. The van der Waals surface area contributed by atoms with Crippen molar-refractivity contribution in [1.82, 2.24) is 19.3 Å². The summed E-state index contributed by atoms with van der Waals surface area (Å²) in [6.45, 7) is 2.79. The second-order valence-corrected chi connectivity index (χ2v) is 8.94. The Balaban J connectivity index is 1.80. The number of aryl methyl sites for hydroxylation is 1. The third-order valence-electron chi connectivity index (χ3n) is 4.97. The molecule has 1 unspecified atom stereocenters. The summed E-state index contributed by atoms with van der Waals surface area (Å²) in [5.74, 6) is 0.127. The summed E-state index contributed by atoms with van der Waals surface area (Å²) in [6, 6.07) is 7.70. The summed E-state index contributed by atoms with van der Waals surface area (Å²) >= 11 is 0. The molecule has 3 aromatic rings. The van der Waals surface area contributed by atoms with Crippen LogP contribution in [0.15, 0.2) is 30.6 Å². The van der Waals surface area contributed by atoms with Gasteiger partial charge in [-0.3, -0.25) is 4.98 Å². The first kappa shape index (κ1) is 22.4. The van der Waals surface area contributed by atoms with Crippen LogP contribution in [0.2, 0.25) is 0 Å². The number of pyridine rings is 1. The highest BCUT2D eigenvalue weighted by molar-refractivity contribution is 7.90. The van der Waals surface area contributed by atoms with Gasteiger partial charge in [-0.25, -0.2) is 18.1 Å². The van der Waals surface area contributed by atoms with Gasteiger partial charge in [-0.2, -0.15) is 13.2 Å². The van der Waals surface area contributed by atoms with Crippen LogP contribution in [0.3, 0.4) is 0 Å². The maximum Gasteiger partial charge on any atom is 0.511 e. The first-order chi connectivity index (χ1) is 14.2. The molecular formula is C19H24F3N5O2S. The van der Waals surface area contributed by atoms with E-state index in [0.29, 0.717) is 19.5 Å². The van der Waals surface area contributed by atoms with Crippen LogP contribution in [0.1, 0.15) is 37.8 Å². The molecule has 0 aliphatic heterocycles. The molecule has 0 aliphatic rings. The zero-order valence-corrected chi connectivity index (χ0v) is 17.3. The fourth-order valence-electron chi connectivity index (χ4n) is 3.40. The van der Waals surface area contributed by atoms with Crippen LogP contribution < -0.4 is 10.5 Å². The van der Waals surface area contributed by atoms with E-state index in [0.717, 1.165) is 34.1 Å². The molecule has 11 heteroatoms. The molecule has 0 saturated carbocycles. The molecule has 0 spiro atoms. The number of benzene rings is 1. The quantitative estimate of drug-likeness (QED) is 0.494. The molecule has 0 amide bonds. The molecule has 0 fully saturated rings. The lowest BCUT2D eigenvalue weighted by molar-refractivity contribution is -0.0447. The van der Waals surface area contributed by atoms with Gasteiger partial charge in [0, 0.05) is 24.4 Å². The Labute approximate surface area is 172 Å². The summed E-state index contributed by atoms with van der Waals surface area (Å²) in [6.07, 6.45) is 3.20. The normalized spacial score (nSPS) is 13.9. The third kappa shape index (κ3) is 4.57. The third-order valence-corrected chi connectivity index (χ3v) is 6.16. The van der Waals surface area contributed by atoms with E-state index in [1.165, 1.54) is 0 Å². The second kappa shape index (κ2) is 8.86. The number of nitrogens with two attached hydrogens (primary N) is 1. The van der Waals surface area contributed by atoms with Crippen LogP contribution in [-0.2, 0) is 16.6 Å². The molecule has 3 rings (SSSR count). The monoisotopic (exact) mass is 443 g/mol. The fraction of sp³-hybridized carbons (Fsp3) is 0.474. The molecule has 1 atom stereocenters. The lowest BCUT2D eigenvalue weighted by atomic mass is 10.0. The number of nitrogens with one attached hydrogen (secondary N) is 1. The Hall–Kier alpha value is -2.24. The smallest absolute Gasteiger partial charge is 0.330 e. The van der Waals surface area contributed by atoms with Gasteiger partial charge >= 0.3 is 15.5 Å². The van der Waals surface area contributed by atoms with Gasteiger partial charge < -0.3 is 10.3 Å². The summed E-state index contributed by atoms with van der Waals surface area (Å²) in [4.78, 5) is 9.32. The van der Waals surface area contributed by atoms with E-state index >= 15 is 0 Å². The second-order valence-electron chi connectivity index (χ2n) is 7.18. The molecule has 2 aromatic heterocycles. The number of hydrogen-bond acceptors (Lipinski definition) is 5. The minimum Gasteiger partial charge on any atom is -0.330 e. The number of halogens is 3. The van der Waals surface area contributed by atoms with Crippen molar-refractivity contribution in [1.29, 1.82) is 0 Å². The number of hydrogen-bond donors (Lipinski definition) is 2. The van der Waals surface area contributed by atoms with E-state index in [-0.39, 0.29) is 18.9 Å². The van der Waals surface area contributed by atoms with Gasteiger partial charge in [-0.1, -0.05) is 25.1 Å². The average molecular weight is 443 g/mol. The lowest BCUT2D eigenvalue weighted by Gasteiger charge is -2.13. The topological polar surface area (TPSA) is 103 Å². The Kier molecular flexibility index (Phi) is 6.63. The highest BCUT2D eigenvalue weighted by atomic mass is 32.2. The minimum absolute atomic E-state index is 0.127. The fourth-order valence-corrected chi connectivity index (χ4v) is 3.98. The van der Waals surface area contributed by atoms with Crippen LogP contribution in [0.5, 0.6) is 0 Å². The number of sulfonamides is 1. The number of rotatable bonds is 9. The molecule has 2 heterocycles. The van der Waals surface area contributed by atoms with Crippen molar-refractivity contribution in [3.63, 3.8) is 0 Å². The van der Waals surface area contributed by atoms with Gasteiger partial charge in [-0.15, -0.1) is 0 Å². The first-order valence-corrected chi connectivity index (χ1v) is 11.1. The van der Waals surface area contributed by atoms with Crippen molar-refractivity contribution in [2.45, 2.75) is 44.2 Å². The predicted octanol–water partition coefficient (Wildman–Crippen LogP) is 3.26. The predicted molar refractivity (Wildman–Crippen MR) is 109 cm³/mol. The van der Waals surface area contributed by atoms with Crippen molar-refractivity contribution < 1.29 is 21.6 Å². The zero-order chi connectivity index (χ0) is 21.9. The molecule has 164 valence electrons. The number of nitrogens with zero attached hydrogens (tertiary/aromatic N) is 3. The van der Waals surface area contributed by atoms with E-state index in [1.807, 2.05) is 28.8 Å². The highest BCUT2D eigenvalue weighted by Gasteiger charge is 2.45. The number of unbranched alkanes of at least 4 members (excludes halogenated alkanes) is 1. The van der Waals surface area contributed by atoms with Crippen LogP contribution in [-0.4, -0.2) is 41.6 Å². The number of fused-ring (bicyclic) bond motifs is 3. The van der Waals surface area contributed by atoms with Crippen molar-refractivity contribution >= 4 is 32.0 Å². The Morgan fingerprint density at radius 2 is 1.97 bits per heavy atom. The van der Waals surface area contributed by atoms with Crippen LogP contribution in [0.4, 0.5) is 13.2 Å². The standard InChI is InChI=1S/C19H24F3N5O2S/c1-13(8-9-23)16-17-18(14-6-2-3-7-15(14)26-16)27(12-24-17)11-5-4-10-25-30(28,29)19(20,21)22/h2-3,6-7,12-13,25H,4-5,8-11,23H2,1H3. The minimum atomic E-state index is -5.30. The van der Waals surface area contributed by atoms with Gasteiger partial charge in [0.1, 0.15) is 5.52 Å². The molecular weight excluding hydrogens is 419 g/mol. The lowest BCUT2D eigenvalue weighted by Crippen LogP contribution is -2.36. The summed E-state index contributed by atoms with van der Waals surface area (Å²) in [7, 11) is -5.30. The van der Waals surface area contributed by atoms with Crippen LogP contribution in [0, 0.1) is 0 Å². The van der Waals surface area contributed by atoms with Crippen molar-refractivity contribution in [3.05, 3.63) is 36.3 Å². The van der Waals surface area contributed by atoms with Gasteiger partial charge in [-0.05, 0) is 31.9 Å². The van der Waals surface area contributed by atoms with Crippen LogP contribution in [0.25, 0.3) is 21.9 Å². The zero-order valence-electron chi connectivity index (χ0n) is 16.5. The number of aromatic nitrogens is 3. The SMILES string of the molecule is CC(CCN)c1nc2ccccc2c2c1ncn2CCCCNS(=O)(=O)C(F)(F)F. The number of imidazole rings is 1. The molecule has 3 N–H and O–H groups in total. The first-order valence-electron chi connectivity index (χ1n) is 9.65. The van der Waals surface area contributed by atoms with E-state index < -0.39 is 15.5 Å². The van der Waals surface area contributed by atoms with Gasteiger partial charge in [0.05, 0.1) is 23.1 Å². The Morgan fingerprint density at radius 3 is 2.67 bits per heavy atom. The van der Waals surface area contributed by atoms with Gasteiger partial charge in [0.25, 0.3) is 0 Å². The van der Waals surface area contributed by atoms with E-state index in [1.54, 1.807) is 11.0 Å². The van der Waals surface area contributed by atoms with Crippen molar-refractivity contribution in [2.75, 3.05) is 13.1 Å².